The highest BCUT2D eigenvalue weighted by Crippen LogP contribution is 2.27. The Morgan fingerprint density at radius 2 is 2.00 bits per heavy atom. The minimum absolute atomic E-state index is 0.0848. The molecule has 0 aromatic heterocycles. The molecule has 1 rings (SSSR count). The summed E-state index contributed by atoms with van der Waals surface area (Å²) in [7, 11) is 0. The monoisotopic (exact) mass is 303 g/mol. The zero-order valence-electron chi connectivity index (χ0n) is 9.77. The van der Waals surface area contributed by atoms with Crippen LogP contribution in [-0.2, 0) is 0 Å². The lowest BCUT2D eigenvalue weighted by molar-refractivity contribution is 0.468. The van der Waals surface area contributed by atoms with Crippen LogP contribution in [0.3, 0.4) is 0 Å². The lowest BCUT2D eigenvalue weighted by Gasteiger charge is -2.18. The van der Waals surface area contributed by atoms with Gasteiger partial charge in [0.1, 0.15) is 11.6 Å². The van der Waals surface area contributed by atoms with Crippen LogP contribution in [0.25, 0.3) is 0 Å². The maximum absolute atomic E-state index is 13.8. The van der Waals surface area contributed by atoms with E-state index in [1.807, 2.05) is 6.92 Å². The van der Waals surface area contributed by atoms with E-state index < -0.39 is 11.6 Å². The fourth-order valence-corrected chi connectivity index (χ4v) is 2.08. The van der Waals surface area contributed by atoms with Crippen LogP contribution in [0.4, 0.5) is 8.78 Å². The molecule has 17 heavy (non-hydrogen) atoms. The van der Waals surface area contributed by atoms with Crippen molar-refractivity contribution in [1.29, 1.82) is 0 Å². The largest absolute Gasteiger partial charge is 0.309 e. The van der Waals surface area contributed by atoms with Crippen molar-refractivity contribution >= 4 is 15.9 Å². The molecule has 0 saturated carbocycles. The number of nitrogens with one attached hydrogen (secondary N) is 1. The van der Waals surface area contributed by atoms with Gasteiger partial charge in [-0.05, 0) is 31.5 Å². The molecule has 0 heterocycles. The van der Waals surface area contributed by atoms with Crippen molar-refractivity contribution in [2.24, 2.45) is 0 Å². The van der Waals surface area contributed by atoms with Gasteiger partial charge in [-0.1, -0.05) is 28.9 Å². The van der Waals surface area contributed by atoms with Gasteiger partial charge in [-0.2, -0.15) is 0 Å². The zero-order valence-corrected chi connectivity index (χ0v) is 11.4. The summed E-state index contributed by atoms with van der Waals surface area (Å²) in [6.07, 6.45) is 3.07. The molecule has 0 bridgehead atoms. The van der Waals surface area contributed by atoms with E-state index in [1.165, 1.54) is 12.1 Å². The van der Waals surface area contributed by atoms with E-state index in [0.717, 1.165) is 6.42 Å². The van der Waals surface area contributed by atoms with E-state index in [0.29, 0.717) is 17.4 Å². The molecule has 94 valence electrons. The highest BCUT2D eigenvalue weighted by molar-refractivity contribution is 9.10. The average Bonchev–Trinajstić information content (AvgIpc) is 2.24. The van der Waals surface area contributed by atoms with E-state index >= 15 is 0 Å². The Labute approximate surface area is 109 Å². The maximum Gasteiger partial charge on any atom is 0.132 e. The average molecular weight is 304 g/mol. The zero-order chi connectivity index (χ0) is 12.8. The van der Waals surface area contributed by atoms with Gasteiger partial charge >= 0.3 is 0 Å². The van der Waals surface area contributed by atoms with Crippen LogP contribution in [-0.4, -0.2) is 6.54 Å². The van der Waals surface area contributed by atoms with Crippen molar-refractivity contribution in [3.63, 3.8) is 0 Å². The van der Waals surface area contributed by atoms with Crippen LogP contribution >= 0.6 is 15.9 Å². The first-order valence-corrected chi connectivity index (χ1v) is 6.38. The molecule has 0 aliphatic carbocycles. The Kier molecular flexibility index (Phi) is 5.78. The summed E-state index contributed by atoms with van der Waals surface area (Å²) in [6.45, 7) is 6.34. The first kappa shape index (κ1) is 14.3. The highest BCUT2D eigenvalue weighted by Gasteiger charge is 2.19. The summed E-state index contributed by atoms with van der Waals surface area (Å²) < 4.78 is 27.9. The summed E-state index contributed by atoms with van der Waals surface area (Å²) in [4.78, 5) is 0. The van der Waals surface area contributed by atoms with Crippen molar-refractivity contribution in [3.8, 4) is 0 Å². The van der Waals surface area contributed by atoms with E-state index in [9.17, 15) is 8.78 Å². The van der Waals surface area contributed by atoms with Crippen LogP contribution in [0.15, 0.2) is 29.3 Å². The van der Waals surface area contributed by atoms with Crippen LogP contribution in [0.2, 0.25) is 0 Å². The lowest BCUT2D eigenvalue weighted by Crippen LogP contribution is -2.23. The number of benzene rings is 1. The standard InChI is InChI=1S/C13H16BrF2N/c1-3-5-12(17-6-4-2)13-10(15)7-9(14)8-11(13)16/h3,7-8,12,17H,1,4-6H2,2H3. The summed E-state index contributed by atoms with van der Waals surface area (Å²) in [6, 6.07) is 2.20. The molecule has 1 nitrogen and oxygen atoms in total. The summed E-state index contributed by atoms with van der Waals surface area (Å²) in [5.41, 5.74) is 0.0848. The molecule has 0 amide bonds. The minimum Gasteiger partial charge on any atom is -0.309 e. The second-order valence-electron chi connectivity index (χ2n) is 3.81. The fraction of sp³-hybridized carbons (Fsp3) is 0.385. The van der Waals surface area contributed by atoms with Crippen molar-refractivity contribution in [2.75, 3.05) is 6.54 Å². The molecule has 0 aliphatic heterocycles. The summed E-state index contributed by atoms with van der Waals surface area (Å²) in [5, 5.41) is 3.12. The van der Waals surface area contributed by atoms with E-state index in [1.54, 1.807) is 6.08 Å². The molecule has 0 radical (unpaired) electrons. The molecular weight excluding hydrogens is 288 g/mol. The SMILES string of the molecule is C=CCC(NCCC)c1c(F)cc(Br)cc1F. The molecule has 1 aromatic carbocycles. The molecule has 0 fully saturated rings. The molecule has 1 atom stereocenters. The Bertz CT molecular complexity index is 370. The quantitative estimate of drug-likeness (QED) is 0.771. The molecule has 1 unspecified atom stereocenters. The molecule has 0 aliphatic rings. The second kappa shape index (κ2) is 6.87. The van der Waals surface area contributed by atoms with E-state index in [2.05, 4.69) is 27.8 Å². The van der Waals surface area contributed by atoms with Crippen LogP contribution < -0.4 is 5.32 Å². The number of halogens is 3. The van der Waals surface area contributed by atoms with Crippen molar-refractivity contribution in [3.05, 3.63) is 46.5 Å². The van der Waals surface area contributed by atoms with Gasteiger partial charge in [0.15, 0.2) is 0 Å². The van der Waals surface area contributed by atoms with Crippen LogP contribution in [0.1, 0.15) is 31.4 Å². The third kappa shape index (κ3) is 3.89. The lowest BCUT2D eigenvalue weighted by atomic mass is 10.0. The molecule has 1 aromatic rings. The van der Waals surface area contributed by atoms with Gasteiger partial charge in [0.2, 0.25) is 0 Å². The Morgan fingerprint density at radius 1 is 1.41 bits per heavy atom. The van der Waals surface area contributed by atoms with Crippen molar-refractivity contribution in [2.45, 2.75) is 25.8 Å². The van der Waals surface area contributed by atoms with Crippen LogP contribution in [0, 0.1) is 11.6 Å². The molecule has 4 heteroatoms. The fourth-order valence-electron chi connectivity index (χ4n) is 1.67. The van der Waals surface area contributed by atoms with Crippen LogP contribution in [0.5, 0.6) is 0 Å². The highest BCUT2D eigenvalue weighted by atomic mass is 79.9. The van der Waals surface area contributed by atoms with Gasteiger partial charge in [-0.15, -0.1) is 6.58 Å². The topological polar surface area (TPSA) is 12.0 Å². The van der Waals surface area contributed by atoms with Gasteiger partial charge in [0.05, 0.1) is 0 Å². The normalized spacial score (nSPS) is 12.5. The minimum atomic E-state index is -0.535. The molecule has 1 N–H and O–H groups in total. The Hall–Kier alpha value is -0.740. The maximum atomic E-state index is 13.8. The third-order valence-corrected chi connectivity index (χ3v) is 2.89. The van der Waals surface area contributed by atoms with Gasteiger partial charge < -0.3 is 5.32 Å². The van der Waals surface area contributed by atoms with Crippen molar-refractivity contribution < 1.29 is 8.78 Å². The first-order chi connectivity index (χ1) is 8.10. The number of hydrogen-bond donors (Lipinski definition) is 1. The summed E-state index contributed by atoms with van der Waals surface area (Å²) >= 11 is 3.07. The summed E-state index contributed by atoms with van der Waals surface area (Å²) in [5.74, 6) is -1.07. The first-order valence-electron chi connectivity index (χ1n) is 5.58. The predicted molar refractivity (Wildman–Crippen MR) is 69.9 cm³/mol. The molecular formula is C13H16BrF2N. The predicted octanol–water partition coefficient (Wildman–Crippen LogP) is 4.34. The van der Waals surface area contributed by atoms with Gasteiger partial charge in [-0.3, -0.25) is 0 Å². The number of hydrogen-bond acceptors (Lipinski definition) is 1. The van der Waals surface area contributed by atoms with Gasteiger partial charge in [-0.25, -0.2) is 8.78 Å². The third-order valence-electron chi connectivity index (χ3n) is 2.44. The molecule has 0 saturated heterocycles. The second-order valence-corrected chi connectivity index (χ2v) is 4.73. The number of rotatable bonds is 6. The Morgan fingerprint density at radius 3 is 2.47 bits per heavy atom. The smallest absolute Gasteiger partial charge is 0.132 e. The van der Waals surface area contributed by atoms with E-state index in [4.69, 9.17) is 0 Å². The van der Waals surface area contributed by atoms with Crippen molar-refractivity contribution in [1.82, 2.24) is 5.32 Å². The van der Waals surface area contributed by atoms with Gasteiger partial charge in [0, 0.05) is 16.1 Å². The van der Waals surface area contributed by atoms with E-state index in [-0.39, 0.29) is 11.6 Å². The Balaban J connectivity index is 3.04. The molecule has 0 spiro atoms. The van der Waals surface area contributed by atoms with Gasteiger partial charge in [0.25, 0.3) is 0 Å².